The molecule has 2 rings (SSSR count). The molecular formula is C14H13ClF2N2. The monoisotopic (exact) mass is 282 g/mol. The summed E-state index contributed by atoms with van der Waals surface area (Å²) in [4.78, 5) is 3.90. The Morgan fingerprint density at radius 1 is 1.26 bits per heavy atom. The normalized spacial score (nSPS) is 12.4. The lowest BCUT2D eigenvalue weighted by Gasteiger charge is -2.20. The van der Waals surface area contributed by atoms with Crippen LogP contribution in [-0.2, 0) is 0 Å². The largest absolute Gasteiger partial charge is 0.306 e. The van der Waals surface area contributed by atoms with Crippen molar-refractivity contribution in [2.24, 2.45) is 0 Å². The number of hydrogen-bond acceptors (Lipinski definition) is 2. The van der Waals surface area contributed by atoms with Crippen LogP contribution in [0.5, 0.6) is 0 Å². The van der Waals surface area contributed by atoms with Crippen LogP contribution in [0.25, 0.3) is 0 Å². The van der Waals surface area contributed by atoms with Gasteiger partial charge in [-0.15, -0.1) is 0 Å². The molecular weight excluding hydrogens is 270 g/mol. The highest BCUT2D eigenvalue weighted by molar-refractivity contribution is 6.31. The SMILES string of the molecule is CCNC(c1ccc(F)cc1F)c1ccncc1Cl. The fourth-order valence-corrected chi connectivity index (χ4v) is 2.18. The van der Waals surface area contributed by atoms with Gasteiger partial charge in [0.2, 0.25) is 0 Å². The Hall–Kier alpha value is -1.52. The summed E-state index contributed by atoms with van der Waals surface area (Å²) in [6.07, 6.45) is 3.09. The lowest BCUT2D eigenvalue weighted by molar-refractivity contribution is 0.541. The zero-order chi connectivity index (χ0) is 13.8. The van der Waals surface area contributed by atoms with Gasteiger partial charge in [0.15, 0.2) is 0 Å². The van der Waals surface area contributed by atoms with Crippen LogP contribution < -0.4 is 5.32 Å². The second kappa shape index (κ2) is 6.08. The lowest BCUT2D eigenvalue weighted by atomic mass is 9.99. The molecule has 0 fully saturated rings. The second-order valence-electron chi connectivity index (χ2n) is 4.05. The van der Waals surface area contributed by atoms with E-state index >= 15 is 0 Å². The summed E-state index contributed by atoms with van der Waals surface area (Å²) in [6.45, 7) is 2.53. The van der Waals surface area contributed by atoms with Crippen molar-refractivity contribution in [3.63, 3.8) is 0 Å². The van der Waals surface area contributed by atoms with Crippen LogP contribution in [0, 0.1) is 11.6 Å². The van der Waals surface area contributed by atoms with Gasteiger partial charge in [0.25, 0.3) is 0 Å². The molecule has 0 aliphatic heterocycles. The zero-order valence-corrected chi connectivity index (χ0v) is 11.1. The third-order valence-electron chi connectivity index (χ3n) is 2.80. The number of benzene rings is 1. The van der Waals surface area contributed by atoms with Crippen molar-refractivity contribution in [3.05, 3.63) is 64.4 Å². The molecule has 2 nitrogen and oxygen atoms in total. The van der Waals surface area contributed by atoms with Crippen molar-refractivity contribution in [2.75, 3.05) is 6.54 Å². The van der Waals surface area contributed by atoms with Gasteiger partial charge in [-0.1, -0.05) is 24.6 Å². The smallest absolute Gasteiger partial charge is 0.131 e. The molecule has 0 bridgehead atoms. The Balaban J connectivity index is 2.48. The first-order valence-electron chi connectivity index (χ1n) is 5.91. The third kappa shape index (κ3) is 3.08. The molecule has 0 spiro atoms. The number of halogens is 3. The number of aromatic nitrogens is 1. The molecule has 1 aromatic carbocycles. The van der Waals surface area contributed by atoms with Crippen molar-refractivity contribution in [1.29, 1.82) is 0 Å². The second-order valence-corrected chi connectivity index (χ2v) is 4.46. The predicted octanol–water partition coefficient (Wildman–Crippen LogP) is 3.71. The first-order valence-corrected chi connectivity index (χ1v) is 6.29. The molecule has 0 radical (unpaired) electrons. The van der Waals surface area contributed by atoms with Crippen molar-refractivity contribution >= 4 is 11.6 Å². The summed E-state index contributed by atoms with van der Waals surface area (Å²) in [5.74, 6) is -1.20. The van der Waals surface area contributed by atoms with Gasteiger partial charge in [0.1, 0.15) is 11.6 Å². The molecule has 1 unspecified atom stereocenters. The first kappa shape index (κ1) is 13.9. The van der Waals surface area contributed by atoms with Gasteiger partial charge < -0.3 is 5.32 Å². The molecule has 2 aromatic rings. The van der Waals surface area contributed by atoms with Crippen LogP contribution in [0.15, 0.2) is 36.7 Å². The molecule has 0 amide bonds. The highest BCUT2D eigenvalue weighted by Gasteiger charge is 2.19. The molecule has 0 aliphatic carbocycles. The third-order valence-corrected chi connectivity index (χ3v) is 3.11. The van der Waals surface area contributed by atoms with E-state index in [1.54, 1.807) is 12.3 Å². The van der Waals surface area contributed by atoms with E-state index in [0.29, 0.717) is 22.7 Å². The average Bonchev–Trinajstić information content (AvgIpc) is 2.38. The number of nitrogens with zero attached hydrogens (tertiary/aromatic N) is 1. The summed E-state index contributed by atoms with van der Waals surface area (Å²) in [5, 5.41) is 3.58. The van der Waals surface area contributed by atoms with E-state index in [2.05, 4.69) is 10.3 Å². The van der Waals surface area contributed by atoms with Gasteiger partial charge in [-0.3, -0.25) is 4.98 Å². The summed E-state index contributed by atoms with van der Waals surface area (Å²) in [7, 11) is 0. The van der Waals surface area contributed by atoms with Gasteiger partial charge in [-0.2, -0.15) is 0 Å². The van der Waals surface area contributed by atoms with Gasteiger partial charge in [-0.05, 0) is 24.2 Å². The predicted molar refractivity (Wildman–Crippen MR) is 71.1 cm³/mol. The molecule has 100 valence electrons. The number of hydrogen-bond donors (Lipinski definition) is 1. The average molecular weight is 283 g/mol. The Bertz CT molecular complexity index is 575. The molecule has 1 heterocycles. The minimum atomic E-state index is -0.600. The van der Waals surface area contributed by atoms with Crippen molar-refractivity contribution in [3.8, 4) is 0 Å². The molecule has 19 heavy (non-hydrogen) atoms. The van der Waals surface area contributed by atoms with Crippen molar-refractivity contribution < 1.29 is 8.78 Å². The molecule has 1 aromatic heterocycles. The van der Waals surface area contributed by atoms with E-state index in [0.717, 1.165) is 6.07 Å². The molecule has 5 heteroatoms. The molecule has 0 aliphatic rings. The maximum absolute atomic E-state index is 13.9. The maximum atomic E-state index is 13.9. The van der Waals surface area contributed by atoms with Gasteiger partial charge in [0.05, 0.1) is 11.1 Å². The minimum absolute atomic E-state index is 0.358. The summed E-state index contributed by atoms with van der Waals surface area (Å²) >= 11 is 6.09. The van der Waals surface area contributed by atoms with Crippen LogP contribution in [0.2, 0.25) is 5.02 Å². The van der Waals surface area contributed by atoms with E-state index < -0.39 is 17.7 Å². The van der Waals surface area contributed by atoms with Crippen LogP contribution in [0.3, 0.4) is 0 Å². The van der Waals surface area contributed by atoms with Gasteiger partial charge >= 0.3 is 0 Å². The molecule has 1 atom stereocenters. The van der Waals surface area contributed by atoms with Crippen LogP contribution in [-0.4, -0.2) is 11.5 Å². The number of nitrogens with one attached hydrogen (secondary N) is 1. The van der Waals surface area contributed by atoms with Gasteiger partial charge in [0, 0.05) is 24.0 Å². The Morgan fingerprint density at radius 2 is 2.05 bits per heavy atom. The Morgan fingerprint density at radius 3 is 2.68 bits per heavy atom. The minimum Gasteiger partial charge on any atom is -0.306 e. The standard InChI is InChI=1S/C14H13ClF2N2/c1-2-19-14(10-5-6-18-8-12(10)15)11-4-3-9(16)7-13(11)17/h3-8,14,19H,2H2,1H3. The van der Waals surface area contributed by atoms with E-state index in [1.165, 1.54) is 18.3 Å². The highest BCUT2D eigenvalue weighted by Crippen LogP contribution is 2.29. The maximum Gasteiger partial charge on any atom is 0.131 e. The van der Waals surface area contributed by atoms with E-state index in [-0.39, 0.29) is 0 Å². The van der Waals surface area contributed by atoms with Crippen molar-refractivity contribution in [2.45, 2.75) is 13.0 Å². The highest BCUT2D eigenvalue weighted by atomic mass is 35.5. The van der Waals surface area contributed by atoms with E-state index in [1.807, 2.05) is 6.92 Å². The summed E-state index contributed by atoms with van der Waals surface area (Å²) in [5.41, 5.74) is 1.07. The summed E-state index contributed by atoms with van der Waals surface area (Å²) < 4.78 is 26.9. The first-order chi connectivity index (χ1) is 9.13. The molecule has 0 saturated carbocycles. The topological polar surface area (TPSA) is 24.9 Å². The van der Waals surface area contributed by atoms with Crippen LogP contribution in [0.4, 0.5) is 8.78 Å². The van der Waals surface area contributed by atoms with Gasteiger partial charge in [-0.25, -0.2) is 8.78 Å². The fourth-order valence-electron chi connectivity index (χ4n) is 1.95. The number of pyridine rings is 1. The summed E-state index contributed by atoms with van der Waals surface area (Å²) in [6, 6.07) is 4.82. The molecule has 1 N–H and O–H groups in total. The zero-order valence-electron chi connectivity index (χ0n) is 10.3. The van der Waals surface area contributed by atoms with E-state index in [4.69, 9.17) is 11.6 Å². The number of rotatable bonds is 4. The Kier molecular flexibility index (Phi) is 4.45. The fraction of sp³-hybridized carbons (Fsp3) is 0.214. The molecule has 0 saturated heterocycles. The quantitative estimate of drug-likeness (QED) is 0.925. The van der Waals surface area contributed by atoms with Crippen molar-refractivity contribution in [1.82, 2.24) is 10.3 Å². The van der Waals surface area contributed by atoms with Crippen LogP contribution >= 0.6 is 11.6 Å². The lowest BCUT2D eigenvalue weighted by Crippen LogP contribution is -2.23. The van der Waals surface area contributed by atoms with E-state index in [9.17, 15) is 8.78 Å². The Labute approximate surface area is 115 Å². The van der Waals surface area contributed by atoms with Crippen LogP contribution in [0.1, 0.15) is 24.1 Å².